The lowest BCUT2D eigenvalue weighted by atomic mass is 9.50. The highest BCUT2D eigenvalue weighted by Crippen LogP contribution is 2.63. The van der Waals surface area contributed by atoms with Crippen LogP contribution in [0.2, 0.25) is 5.02 Å². The van der Waals surface area contributed by atoms with Crippen LogP contribution in [0.3, 0.4) is 0 Å². The molecule has 0 saturated heterocycles. The molecule has 0 radical (unpaired) electrons. The summed E-state index contributed by atoms with van der Waals surface area (Å²) in [6, 6.07) is 8.01. The second-order valence-electron chi connectivity index (χ2n) is 9.14. The van der Waals surface area contributed by atoms with Crippen LogP contribution in [0.5, 0.6) is 0 Å². The summed E-state index contributed by atoms with van der Waals surface area (Å²) in [6.45, 7) is 1.92. The lowest BCUT2D eigenvalue weighted by Gasteiger charge is -2.61. The molecule has 2 aromatic heterocycles. The van der Waals surface area contributed by atoms with Crippen molar-refractivity contribution in [3.8, 4) is 11.4 Å². The minimum Gasteiger partial charge on any atom is -0.325 e. The summed E-state index contributed by atoms with van der Waals surface area (Å²) >= 11 is 6.54. The average Bonchev–Trinajstić information content (AvgIpc) is 3.31. The molecule has 3 aromatic rings. The van der Waals surface area contributed by atoms with Crippen molar-refractivity contribution < 1.29 is 0 Å². The molecule has 6 nitrogen and oxygen atoms in total. The van der Waals surface area contributed by atoms with E-state index >= 15 is 0 Å². The van der Waals surface area contributed by atoms with Gasteiger partial charge in [-0.05, 0) is 74.6 Å². The monoisotopic (exact) mass is 394 g/mol. The Morgan fingerprint density at radius 2 is 1.82 bits per heavy atom. The first kappa shape index (κ1) is 16.7. The van der Waals surface area contributed by atoms with Gasteiger partial charge in [0.15, 0.2) is 5.82 Å². The van der Waals surface area contributed by atoms with Crippen LogP contribution in [-0.4, -0.2) is 29.8 Å². The highest BCUT2D eigenvalue weighted by Gasteiger charge is 2.60. The number of hydrogen-bond acceptors (Lipinski definition) is 4. The zero-order chi connectivity index (χ0) is 18.9. The summed E-state index contributed by atoms with van der Waals surface area (Å²) in [4.78, 5) is 6.68. The van der Waals surface area contributed by atoms with Gasteiger partial charge >= 0.3 is 0 Å². The van der Waals surface area contributed by atoms with Crippen LogP contribution in [0.15, 0.2) is 36.7 Å². The Morgan fingerprint density at radius 1 is 1.07 bits per heavy atom. The zero-order valence-corrected chi connectivity index (χ0v) is 16.7. The number of aryl methyl sites for hydroxylation is 1. The SMILES string of the molecule is Cc1nnn(C23CC4CC(C2)CC(n2ccnc2-c2ccccc2Cl)(C4)C3)n1. The largest absolute Gasteiger partial charge is 0.325 e. The fraction of sp³-hybridized carbons (Fsp3) is 0.524. The molecule has 4 bridgehead atoms. The molecule has 0 amide bonds. The number of aromatic nitrogens is 6. The van der Waals surface area contributed by atoms with Crippen molar-refractivity contribution in [2.24, 2.45) is 11.8 Å². The van der Waals surface area contributed by atoms with Crippen molar-refractivity contribution in [3.05, 3.63) is 47.5 Å². The van der Waals surface area contributed by atoms with Gasteiger partial charge in [-0.1, -0.05) is 23.7 Å². The number of rotatable bonds is 3. The van der Waals surface area contributed by atoms with Crippen LogP contribution < -0.4 is 0 Å². The second kappa shape index (κ2) is 5.66. The molecule has 4 aliphatic rings. The predicted molar refractivity (Wildman–Crippen MR) is 106 cm³/mol. The molecule has 4 saturated carbocycles. The van der Waals surface area contributed by atoms with Crippen molar-refractivity contribution in [2.75, 3.05) is 0 Å². The van der Waals surface area contributed by atoms with Crippen LogP contribution in [0.1, 0.15) is 44.3 Å². The molecule has 7 heteroatoms. The van der Waals surface area contributed by atoms with Crippen molar-refractivity contribution >= 4 is 11.6 Å². The van der Waals surface area contributed by atoms with Gasteiger partial charge in [0, 0.05) is 23.5 Å². The third-order valence-electron chi connectivity index (χ3n) is 7.20. The van der Waals surface area contributed by atoms with Crippen molar-refractivity contribution in [1.29, 1.82) is 0 Å². The molecule has 1 aromatic carbocycles. The molecule has 2 heterocycles. The highest BCUT2D eigenvalue weighted by molar-refractivity contribution is 6.33. The first-order valence-electron chi connectivity index (χ1n) is 10.1. The predicted octanol–water partition coefficient (Wildman–Crippen LogP) is 4.20. The maximum Gasteiger partial charge on any atom is 0.171 e. The standard InChI is InChI=1S/C21H23ClN6/c1-14-24-26-28(25-14)21-11-15-8-16(12-21)10-20(9-15,13-21)27-7-6-23-19(27)17-4-2-3-5-18(17)22/h2-7,15-16H,8-13H2,1H3. The van der Waals surface area contributed by atoms with Gasteiger partial charge in [-0.3, -0.25) is 0 Å². The van der Waals surface area contributed by atoms with Gasteiger partial charge in [0.05, 0.1) is 10.6 Å². The van der Waals surface area contributed by atoms with E-state index in [2.05, 4.69) is 32.2 Å². The van der Waals surface area contributed by atoms with Crippen LogP contribution in [0.25, 0.3) is 11.4 Å². The van der Waals surface area contributed by atoms with Crippen LogP contribution in [-0.2, 0) is 11.1 Å². The minimum absolute atomic E-state index is 0.0205. The van der Waals surface area contributed by atoms with Crippen molar-refractivity contribution in [1.82, 2.24) is 29.8 Å². The minimum atomic E-state index is -0.0205. The molecule has 2 atom stereocenters. The van der Waals surface area contributed by atoms with E-state index < -0.39 is 0 Å². The summed E-state index contributed by atoms with van der Waals surface area (Å²) in [5.41, 5.74) is 1.04. The van der Waals surface area contributed by atoms with E-state index in [9.17, 15) is 0 Å². The van der Waals surface area contributed by atoms with Crippen molar-refractivity contribution in [2.45, 2.75) is 56.5 Å². The molecular weight excluding hydrogens is 372 g/mol. The summed E-state index contributed by atoms with van der Waals surface area (Å²) < 4.78 is 2.42. The Hall–Kier alpha value is -2.21. The van der Waals surface area contributed by atoms with Crippen LogP contribution in [0, 0.1) is 18.8 Å². The van der Waals surface area contributed by atoms with E-state index in [-0.39, 0.29) is 11.1 Å². The van der Waals surface area contributed by atoms with Gasteiger partial charge in [-0.15, -0.1) is 10.2 Å². The molecule has 144 valence electrons. The van der Waals surface area contributed by atoms with Gasteiger partial charge in [0.25, 0.3) is 0 Å². The topological polar surface area (TPSA) is 61.4 Å². The number of tetrazole rings is 1. The summed E-state index contributed by atoms with van der Waals surface area (Å²) in [5.74, 6) is 3.14. The van der Waals surface area contributed by atoms with Gasteiger partial charge < -0.3 is 4.57 Å². The number of nitrogens with zero attached hydrogens (tertiary/aromatic N) is 6. The molecule has 4 aliphatic carbocycles. The maximum absolute atomic E-state index is 6.54. The van der Waals surface area contributed by atoms with Gasteiger partial charge in [0.1, 0.15) is 5.82 Å². The van der Waals surface area contributed by atoms with E-state index in [1.54, 1.807) is 0 Å². The summed E-state index contributed by atoms with van der Waals surface area (Å²) in [6.07, 6.45) is 11.2. The molecule has 0 aliphatic heterocycles. The quantitative estimate of drug-likeness (QED) is 0.667. The number of halogens is 1. The molecule has 2 unspecified atom stereocenters. The Labute approximate surface area is 168 Å². The summed E-state index contributed by atoms with van der Waals surface area (Å²) in [5, 5.41) is 14.0. The lowest BCUT2D eigenvalue weighted by molar-refractivity contribution is -0.103. The van der Waals surface area contributed by atoms with Crippen LogP contribution in [0.4, 0.5) is 0 Å². The lowest BCUT2D eigenvalue weighted by Crippen LogP contribution is -2.60. The Kier molecular flexibility index (Phi) is 3.38. The normalized spacial score (nSPS) is 33.5. The first-order chi connectivity index (χ1) is 13.6. The Morgan fingerprint density at radius 3 is 2.54 bits per heavy atom. The second-order valence-corrected chi connectivity index (χ2v) is 9.54. The third-order valence-corrected chi connectivity index (χ3v) is 7.53. The molecule has 4 fully saturated rings. The van der Waals surface area contributed by atoms with E-state index in [0.29, 0.717) is 11.8 Å². The van der Waals surface area contributed by atoms with Gasteiger partial charge in [0.2, 0.25) is 0 Å². The molecular formula is C21H23ClN6. The third kappa shape index (κ3) is 2.27. The van der Waals surface area contributed by atoms with E-state index in [1.165, 1.54) is 19.3 Å². The number of benzene rings is 1. The fourth-order valence-electron chi connectivity index (χ4n) is 6.70. The molecule has 7 rings (SSSR count). The summed E-state index contributed by atoms with van der Waals surface area (Å²) in [7, 11) is 0. The molecule has 0 spiro atoms. The highest BCUT2D eigenvalue weighted by atomic mass is 35.5. The Balaban J connectivity index is 1.49. The average molecular weight is 395 g/mol. The van der Waals surface area contributed by atoms with Gasteiger partial charge in [-0.2, -0.15) is 4.80 Å². The smallest absolute Gasteiger partial charge is 0.171 e. The van der Waals surface area contributed by atoms with Gasteiger partial charge in [-0.25, -0.2) is 4.98 Å². The Bertz CT molecular complexity index is 1040. The molecule has 0 N–H and O–H groups in total. The number of imidazole rings is 1. The zero-order valence-electron chi connectivity index (χ0n) is 15.9. The fourth-order valence-corrected chi connectivity index (χ4v) is 6.92. The van der Waals surface area contributed by atoms with E-state index in [0.717, 1.165) is 41.5 Å². The van der Waals surface area contributed by atoms with Crippen LogP contribution >= 0.6 is 11.6 Å². The van der Waals surface area contributed by atoms with Crippen molar-refractivity contribution in [3.63, 3.8) is 0 Å². The van der Waals surface area contributed by atoms with E-state index in [1.807, 2.05) is 36.1 Å². The maximum atomic E-state index is 6.54. The van der Waals surface area contributed by atoms with E-state index in [4.69, 9.17) is 16.6 Å². The number of hydrogen-bond donors (Lipinski definition) is 0. The first-order valence-corrected chi connectivity index (χ1v) is 10.5. The molecule has 28 heavy (non-hydrogen) atoms.